The molecule has 0 heterocycles. The molecule has 0 aliphatic heterocycles. The van der Waals surface area contributed by atoms with E-state index in [2.05, 4.69) is 54.7 Å². The monoisotopic (exact) mass is 262 g/mol. The highest BCUT2D eigenvalue weighted by Crippen LogP contribution is 2.52. The molecule has 0 saturated carbocycles. The van der Waals surface area contributed by atoms with Gasteiger partial charge in [0.05, 0.1) is 0 Å². The molecule has 4 rings (SSSR count). The Kier molecular flexibility index (Phi) is 3.10. The smallest absolute Gasteiger partial charge is 0.00609 e. The lowest BCUT2D eigenvalue weighted by molar-refractivity contribution is 0.360. The molecule has 0 aromatic carbocycles. The number of allylic oxidation sites excluding steroid dienone is 12. The summed E-state index contributed by atoms with van der Waals surface area (Å²) in [5.41, 5.74) is 4.79. The summed E-state index contributed by atoms with van der Waals surface area (Å²) in [7, 11) is 0. The van der Waals surface area contributed by atoms with Crippen molar-refractivity contribution in [2.45, 2.75) is 32.1 Å². The van der Waals surface area contributed by atoms with E-state index in [9.17, 15) is 0 Å². The van der Waals surface area contributed by atoms with Gasteiger partial charge in [0.15, 0.2) is 0 Å². The summed E-state index contributed by atoms with van der Waals surface area (Å²) in [6.45, 7) is 0. The fraction of sp³-hybridized carbons (Fsp3) is 0.400. The zero-order chi connectivity index (χ0) is 13.4. The normalized spacial score (nSPS) is 42.2. The summed E-state index contributed by atoms with van der Waals surface area (Å²) >= 11 is 0. The van der Waals surface area contributed by atoms with Crippen molar-refractivity contribution in [3.8, 4) is 0 Å². The van der Waals surface area contributed by atoms with Crippen LogP contribution in [0.25, 0.3) is 0 Å². The fourth-order valence-electron chi connectivity index (χ4n) is 4.37. The van der Waals surface area contributed by atoms with Crippen molar-refractivity contribution in [3.05, 3.63) is 71.4 Å². The van der Waals surface area contributed by atoms with Crippen LogP contribution in [0.3, 0.4) is 0 Å². The second-order valence-electron chi connectivity index (χ2n) is 6.37. The van der Waals surface area contributed by atoms with Gasteiger partial charge in [0, 0.05) is 11.8 Å². The summed E-state index contributed by atoms with van der Waals surface area (Å²) in [5.74, 6) is 2.09. The molecule has 0 heteroatoms. The third-order valence-corrected chi connectivity index (χ3v) is 5.25. The van der Waals surface area contributed by atoms with Crippen molar-refractivity contribution < 1.29 is 0 Å². The lowest BCUT2D eigenvalue weighted by atomic mass is 9.77. The van der Waals surface area contributed by atoms with E-state index in [4.69, 9.17) is 0 Å². The third-order valence-electron chi connectivity index (χ3n) is 5.25. The maximum atomic E-state index is 2.51. The average molecular weight is 262 g/mol. The molecule has 0 nitrogen and oxygen atoms in total. The van der Waals surface area contributed by atoms with Gasteiger partial charge >= 0.3 is 0 Å². The zero-order valence-corrected chi connectivity index (χ0v) is 12.0. The van der Waals surface area contributed by atoms with Crippen LogP contribution in [0, 0.1) is 17.8 Å². The Morgan fingerprint density at radius 3 is 2.85 bits per heavy atom. The van der Waals surface area contributed by atoms with Gasteiger partial charge in [0.2, 0.25) is 0 Å². The Labute approximate surface area is 122 Å². The molecule has 20 heavy (non-hydrogen) atoms. The topological polar surface area (TPSA) is 0 Å². The molecule has 4 aliphatic carbocycles. The van der Waals surface area contributed by atoms with Gasteiger partial charge in [-0.1, -0.05) is 61.1 Å². The van der Waals surface area contributed by atoms with Crippen molar-refractivity contribution in [3.63, 3.8) is 0 Å². The molecule has 0 fully saturated rings. The lowest BCUT2D eigenvalue weighted by Gasteiger charge is -2.27. The fourth-order valence-corrected chi connectivity index (χ4v) is 4.37. The van der Waals surface area contributed by atoms with E-state index in [-0.39, 0.29) is 0 Å². The highest BCUT2D eigenvalue weighted by molar-refractivity contribution is 5.55. The van der Waals surface area contributed by atoms with E-state index in [1.807, 2.05) is 0 Å². The largest absolute Gasteiger partial charge is 0.0879 e. The lowest BCUT2D eigenvalue weighted by Crippen LogP contribution is -2.18. The first kappa shape index (κ1) is 12.2. The van der Waals surface area contributed by atoms with Crippen LogP contribution in [0.5, 0.6) is 0 Å². The minimum atomic E-state index is 0.643. The van der Waals surface area contributed by atoms with Crippen molar-refractivity contribution in [2.24, 2.45) is 17.8 Å². The Balaban J connectivity index is 1.86. The molecule has 0 aromatic rings. The Morgan fingerprint density at radius 1 is 0.900 bits per heavy atom. The van der Waals surface area contributed by atoms with Gasteiger partial charge in [0.25, 0.3) is 0 Å². The molecular weight excluding hydrogens is 240 g/mol. The van der Waals surface area contributed by atoms with Crippen LogP contribution in [-0.4, -0.2) is 0 Å². The van der Waals surface area contributed by atoms with Crippen LogP contribution in [0.2, 0.25) is 0 Å². The van der Waals surface area contributed by atoms with Crippen molar-refractivity contribution in [1.82, 2.24) is 0 Å². The average Bonchev–Trinajstić information content (AvgIpc) is 2.68. The minimum absolute atomic E-state index is 0.643. The zero-order valence-electron chi connectivity index (χ0n) is 12.0. The van der Waals surface area contributed by atoms with Crippen molar-refractivity contribution >= 4 is 0 Å². The Morgan fingerprint density at radius 2 is 1.85 bits per heavy atom. The van der Waals surface area contributed by atoms with Crippen LogP contribution in [0.4, 0.5) is 0 Å². The van der Waals surface area contributed by atoms with Gasteiger partial charge in [-0.15, -0.1) is 0 Å². The molecule has 4 aliphatic rings. The van der Waals surface area contributed by atoms with Gasteiger partial charge in [-0.3, -0.25) is 0 Å². The van der Waals surface area contributed by atoms with Gasteiger partial charge in [-0.25, -0.2) is 0 Å². The number of rotatable bonds is 0. The molecule has 0 radical (unpaired) electrons. The first-order chi connectivity index (χ1) is 9.95. The summed E-state index contributed by atoms with van der Waals surface area (Å²) in [5, 5.41) is 0. The summed E-state index contributed by atoms with van der Waals surface area (Å²) in [6, 6.07) is 0. The van der Waals surface area contributed by atoms with Crippen molar-refractivity contribution in [1.29, 1.82) is 0 Å². The molecular formula is C20H22. The summed E-state index contributed by atoms with van der Waals surface area (Å²) in [6.07, 6.45) is 27.6. The molecule has 3 atom stereocenters. The minimum Gasteiger partial charge on any atom is -0.0879 e. The number of hydrogen-bond acceptors (Lipinski definition) is 0. The van der Waals surface area contributed by atoms with E-state index >= 15 is 0 Å². The predicted molar refractivity (Wildman–Crippen MR) is 85.2 cm³/mol. The van der Waals surface area contributed by atoms with E-state index in [0.29, 0.717) is 11.8 Å². The molecule has 0 amide bonds. The SMILES string of the molecule is C1=CC2C3=C(\C=C/C=C\C=C3\C1)C1/C=C\CCCCC21. The second-order valence-corrected chi connectivity index (χ2v) is 6.37. The quantitative estimate of drug-likeness (QED) is 0.520. The van der Waals surface area contributed by atoms with E-state index < -0.39 is 0 Å². The maximum absolute atomic E-state index is 2.51. The second kappa shape index (κ2) is 5.09. The molecule has 102 valence electrons. The first-order valence-corrected chi connectivity index (χ1v) is 8.07. The summed E-state index contributed by atoms with van der Waals surface area (Å²) < 4.78 is 0. The van der Waals surface area contributed by atoms with E-state index in [0.717, 1.165) is 12.3 Å². The number of hydrogen-bond donors (Lipinski definition) is 0. The maximum Gasteiger partial charge on any atom is 0.00609 e. The standard InChI is InChI=1S/C20H22/c1-2-6-12-17-16(11-5-1)18-13-7-3-4-9-15-10-8-14-19(17)20(15)18/h3-5,7-9,11,13-14,16-17,19H,1-2,6,10,12H2/b4-3-,7-3?,9-4?,11-5-,13-7-,15-9-,18-13?. The Hall–Kier alpha value is -1.56. The van der Waals surface area contributed by atoms with Gasteiger partial charge in [0.1, 0.15) is 0 Å². The van der Waals surface area contributed by atoms with E-state index in [1.54, 1.807) is 16.7 Å². The van der Waals surface area contributed by atoms with E-state index in [1.165, 1.54) is 25.7 Å². The highest BCUT2D eigenvalue weighted by atomic mass is 14.4. The Bertz CT molecular complexity index is 577. The predicted octanol–water partition coefficient (Wildman–Crippen LogP) is 5.29. The number of fused-ring (bicyclic) bond motifs is 3. The summed E-state index contributed by atoms with van der Waals surface area (Å²) in [4.78, 5) is 0. The molecule has 0 N–H and O–H groups in total. The third kappa shape index (κ3) is 1.90. The van der Waals surface area contributed by atoms with Crippen LogP contribution >= 0.6 is 0 Å². The molecule has 0 saturated heterocycles. The van der Waals surface area contributed by atoms with Crippen LogP contribution < -0.4 is 0 Å². The van der Waals surface area contributed by atoms with Gasteiger partial charge in [-0.2, -0.15) is 0 Å². The van der Waals surface area contributed by atoms with Gasteiger partial charge < -0.3 is 0 Å². The highest BCUT2D eigenvalue weighted by Gasteiger charge is 2.40. The first-order valence-electron chi connectivity index (χ1n) is 8.07. The van der Waals surface area contributed by atoms with Crippen LogP contribution in [0.1, 0.15) is 32.1 Å². The molecule has 3 unspecified atom stereocenters. The molecule has 0 aromatic heterocycles. The van der Waals surface area contributed by atoms with Crippen LogP contribution in [0.15, 0.2) is 71.4 Å². The van der Waals surface area contributed by atoms with Crippen LogP contribution in [-0.2, 0) is 0 Å². The van der Waals surface area contributed by atoms with Crippen molar-refractivity contribution in [2.75, 3.05) is 0 Å². The molecule has 0 spiro atoms. The molecule has 0 bridgehead atoms. The van der Waals surface area contributed by atoms with Gasteiger partial charge in [-0.05, 0) is 48.3 Å².